The molecule has 1 heterocycles. The van der Waals surface area contributed by atoms with E-state index in [0.717, 1.165) is 32.4 Å². The second kappa shape index (κ2) is 7.13. The van der Waals surface area contributed by atoms with Crippen molar-refractivity contribution in [2.24, 2.45) is 17.3 Å². The van der Waals surface area contributed by atoms with Crippen molar-refractivity contribution in [3.05, 3.63) is 0 Å². The van der Waals surface area contributed by atoms with Gasteiger partial charge in [0, 0.05) is 6.04 Å². The van der Waals surface area contributed by atoms with Crippen molar-refractivity contribution in [1.82, 2.24) is 4.90 Å². The van der Waals surface area contributed by atoms with E-state index < -0.39 is 5.97 Å². The standard InChI is InChI=1S/C18H33NO2/c1-18(2,3)14-9-10-15(17(20)21)16(13-14)19-11-7-5-4-6-8-12-19/h14-16H,4-13H2,1-3H3,(H,20,21). The van der Waals surface area contributed by atoms with Crippen LogP contribution in [-0.2, 0) is 4.79 Å². The highest BCUT2D eigenvalue weighted by Crippen LogP contribution is 2.42. The summed E-state index contributed by atoms with van der Waals surface area (Å²) in [6.45, 7) is 9.13. The molecule has 1 saturated heterocycles. The maximum absolute atomic E-state index is 11.7. The fourth-order valence-corrected chi connectivity index (χ4v) is 4.23. The molecule has 1 N–H and O–H groups in total. The number of hydrogen-bond acceptors (Lipinski definition) is 2. The molecule has 3 atom stereocenters. The molecule has 122 valence electrons. The largest absolute Gasteiger partial charge is 0.481 e. The van der Waals surface area contributed by atoms with E-state index >= 15 is 0 Å². The Morgan fingerprint density at radius 2 is 1.57 bits per heavy atom. The molecule has 2 rings (SSSR count). The highest BCUT2D eigenvalue weighted by atomic mass is 16.4. The zero-order chi connectivity index (χ0) is 15.5. The van der Waals surface area contributed by atoms with Crippen LogP contribution in [-0.4, -0.2) is 35.1 Å². The molecule has 0 aromatic heterocycles. The van der Waals surface area contributed by atoms with Crippen LogP contribution in [0.5, 0.6) is 0 Å². The molecule has 3 nitrogen and oxygen atoms in total. The number of rotatable bonds is 2. The fourth-order valence-electron chi connectivity index (χ4n) is 4.23. The van der Waals surface area contributed by atoms with Gasteiger partial charge in [-0.15, -0.1) is 0 Å². The first-order valence-corrected chi connectivity index (χ1v) is 8.86. The average Bonchev–Trinajstić information content (AvgIpc) is 2.36. The molecule has 0 radical (unpaired) electrons. The highest BCUT2D eigenvalue weighted by molar-refractivity contribution is 5.71. The van der Waals surface area contributed by atoms with E-state index in [2.05, 4.69) is 25.7 Å². The van der Waals surface area contributed by atoms with Gasteiger partial charge in [0.05, 0.1) is 5.92 Å². The molecule has 0 aromatic rings. The minimum Gasteiger partial charge on any atom is -0.481 e. The lowest BCUT2D eigenvalue weighted by Gasteiger charge is -2.45. The summed E-state index contributed by atoms with van der Waals surface area (Å²) in [4.78, 5) is 14.2. The predicted octanol–water partition coefficient (Wildman–Crippen LogP) is 4.17. The number of aliphatic carboxylic acids is 1. The second-order valence-corrected chi connectivity index (χ2v) is 8.19. The quantitative estimate of drug-likeness (QED) is 0.831. The summed E-state index contributed by atoms with van der Waals surface area (Å²) in [7, 11) is 0. The number of carbonyl (C=O) groups is 1. The third kappa shape index (κ3) is 4.45. The number of hydrogen-bond donors (Lipinski definition) is 1. The monoisotopic (exact) mass is 295 g/mol. The van der Waals surface area contributed by atoms with E-state index in [4.69, 9.17) is 0 Å². The molecule has 3 heteroatoms. The van der Waals surface area contributed by atoms with Gasteiger partial charge in [-0.2, -0.15) is 0 Å². The number of carboxylic acids is 1. The summed E-state index contributed by atoms with van der Waals surface area (Å²) in [5.41, 5.74) is 0.296. The van der Waals surface area contributed by atoms with Crippen molar-refractivity contribution in [2.75, 3.05) is 13.1 Å². The Kier molecular flexibility index (Phi) is 5.70. The lowest BCUT2D eigenvalue weighted by molar-refractivity contribution is -0.147. The SMILES string of the molecule is CC(C)(C)C1CCC(C(=O)O)C(N2CCCCCCC2)C1. The highest BCUT2D eigenvalue weighted by Gasteiger charge is 2.41. The molecule has 0 bridgehead atoms. The first-order valence-electron chi connectivity index (χ1n) is 8.86. The third-order valence-electron chi connectivity index (χ3n) is 5.72. The number of carboxylic acid groups (broad SMARTS) is 1. The summed E-state index contributed by atoms with van der Waals surface area (Å²) in [5.74, 6) is -0.0685. The molecule has 0 spiro atoms. The Labute approximate surface area is 130 Å². The summed E-state index contributed by atoms with van der Waals surface area (Å²) in [5, 5.41) is 9.63. The van der Waals surface area contributed by atoms with Gasteiger partial charge in [0.1, 0.15) is 0 Å². The van der Waals surface area contributed by atoms with Gasteiger partial charge in [-0.25, -0.2) is 0 Å². The Morgan fingerprint density at radius 3 is 2.10 bits per heavy atom. The van der Waals surface area contributed by atoms with Crippen molar-refractivity contribution >= 4 is 5.97 Å². The molecule has 21 heavy (non-hydrogen) atoms. The van der Waals surface area contributed by atoms with Gasteiger partial charge in [-0.3, -0.25) is 9.69 Å². The Balaban J connectivity index is 2.10. The van der Waals surface area contributed by atoms with Gasteiger partial charge >= 0.3 is 5.97 Å². The molecule has 1 aliphatic carbocycles. The van der Waals surface area contributed by atoms with Crippen LogP contribution in [0.25, 0.3) is 0 Å². The van der Waals surface area contributed by atoms with E-state index in [-0.39, 0.29) is 12.0 Å². The lowest BCUT2D eigenvalue weighted by Crippen LogP contribution is -2.49. The predicted molar refractivity (Wildman–Crippen MR) is 86.4 cm³/mol. The van der Waals surface area contributed by atoms with E-state index in [0.29, 0.717) is 11.3 Å². The van der Waals surface area contributed by atoms with Crippen LogP contribution in [0.1, 0.15) is 72.1 Å². The summed E-state index contributed by atoms with van der Waals surface area (Å²) < 4.78 is 0. The van der Waals surface area contributed by atoms with Crippen LogP contribution in [0.2, 0.25) is 0 Å². The van der Waals surface area contributed by atoms with Crippen LogP contribution < -0.4 is 0 Å². The Bertz CT molecular complexity index is 340. The molecule has 1 saturated carbocycles. The molecule has 1 aliphatic heterocycles. The second-order valence-electron chi connectivity index (χ2n) is 8.19. The molecule has 3 unspecified atom stereocenters. The topological polar surface area (TPSA) is 40.5 Å². The molecule has 2 fully saturated rings. The van der Waals surface area contributed by atoms with Crippen molar-refractivity contribution in [1.29, 1.82) is 0 Å². The average molecular weight is 295 g/mol. The smallest absolute Gasteiger partial charge is 0.308 e. The van der Waals surface area contributed by atoms with E-state index in [1.54, 1.807) is 0 Å². The van der Waals surface area contributed by atoms with Crippen molar-refractivity contribution in [3.8, 4) is 0 Å². The maximum atomic E-state index is 11.7. The third-order valence-corrected chi connectivity index (χ3v) is 5.72. The summed E-state index contributed by atoms with van der Waals surface area (Å²) in [6.07, 6.45) is 9.45. The van der Waals surface area contributed by atoms with Gasteiger partial charge in [0.15, 0.2) is 0 Å². The maximum Gasteiger partial charge on any atom is 0.308 e. The minimum absolute atomic E-state index is 0.150. The summed E-state index contributed by atoms with van der Waals surface area (Å²) >= 11 is 0. The van der Waals surface area contributed by atoms with Crippen molar-refractivity contribution in [2.45, 2.75) is 78.2 Å². The van der Waals surface area contributed by atoms with Gasteiger partial charge < -0.3 is 5.11 Å². The van der Waals surface area contributed by atoms with E-state index in [1.165, 1.54) is 32.1 Å². The molecular formula is C18H33NO2. The van der Waals surface area contributed by atoms with Crippen molar-refractivity contribution < 1.29 is 9.90 Å². The van der Waals surface area contributed by atoms with Crippen molar-refractivity contribution in [3.63, 3.8) is 0 Å². The minimum atomic E-state index is -0.575. The fraction of sp³-hybridized carbons (Fsp3) is 0.944. The van der Waals surface area contributed by atoms with E-state index in [1.807, 2.05) is 0 Å². The van der Waals surface area contributed by atoms with Gasteiger partial charge in [0.25, 0.3) is 0 Å². The number of nitrogens with zero attached hydrogens (tertiary/aromatic N) is 1. The van der Waals surface area contributed by atoms with Crippen LogP contribution >= 0.6 is 0 Å². The van der Waals surface area contributed by atoms with Crippen LogP contribution in [0, 0.1) is 17.3 Å². The van der Waals surface area contributed by atoms with Gasteiger partial charge in [-0.1, -0.05) is 40.0 Å². The van der Waals surface area contributed by atoms with Gasteiger partial charge in [0.2, 0.25) is 0 Å². The first-order chi connectivity index (χ1) is 9.89. The summed E-state index contributed by atoms with van der Waals surface area (Å²) in [6, 6.07) is 0.263. The normalized spacial score (nSPS) is 33.2. The first kappa shape index (κ1) is 16.8. The zero-order valence-electron chi connectivity index (χ0n) is 14.1. The lowest BCUT2D eigenvalue weighted by atomic mass is 9.67. The molecular weight excluding hydrogens is 262 g/mol. The Hall–Kier alpha value is -0.570. The van der Waals surface area contributed by atoms with Crippen LogP contribution in [0.3, 0.4) is 0 Å². The van der Waals surface area contributed by atoms with Crippen LogP contribution in [0.15, 0.2) is 0 Å². The Morgan fingerprint density at radius 1 is 1.00 bits per heavy atom. The molecule has 2 aliphatic rings. The molecule has 0 aromatic carbocycles. The van der Waals surface area contributed by atoms with E-state index in [9.17, 15) is 9.90 Å². The van der Waals surface area contributed by atoms with Gasteiger partial charge in [-0.05, 0) is 56.5 Å². The number of likely N-dealkylation sites (tertiary alicyclic amines) is 1. The zero-order valence-corrected chi connectivity index (χ0v) is 14.1. The van der Waals surface area contributed by atoms with Crippen LogP contribution in [0.4, 0.5) is 0 Å². The molecule has 0 amide bonds.